The van der Waals surface area contributed by atoms with Crippen molar-refractivity contribution in [3.8, 4) is 0 Å². The van der Waals surface area contributed by atoms with E-state index in [9.17, 15) is 4.79 Å². The minimum atomic E-state index is -0.474. The third-order valence-electron chi connectivity index (χ3n) is 3.19. The Morgan fingerprint density at radius 3 is 2.95 bits per heavy atom. The predicted octanol–water partition coefficient (Wildman–Crippen LogP) is 3.19. The summed E-state index contributed by atoms with van der Waals surface area (Å²) in [5.74, 6) is 0. The number of carbonyl (C=O) groups is 1. The van der Waals surface area contributed by atoms with Crippen LogP contribution >= 0.6 is 0 Å². The quantitative estimate of drug-likeness (QED) is 0.863. The molecule has 1 amide bonds. The van der Waals surface area contributed by atoms with Crippen LogP contribution in [-0.2, 0) is 11.3 Å². The van der Waals surface area contributed by atoms with Crippen molar-refractivity contribution >= 4 is 6.09 Å². The zero-order valence-electron chi connectivity index (χ0n) is 12.4. The molecular formula is C15H23N3O2. The van der Waals surface area contributed by atoms with Gasteiger partial charge in [0.1, 0.15) is 5.60 Å². The summed E-state index contributed by atoms with van der Waals surface area (Å²) in [6, 6.07) is 0.443. The summed E-state index contributed by atoms with van der Waals surface area (Å²) in [6.45, 7) is 6.00. The molecular weight excluding hydrogens is 254 g/mol. The molecule has 5 nitrogen and oxygen atoms in total. The van der Waals surface area contributed by atoms with Crippen molar-refractivity contribution in [2.75, 3.05) is 0 Å². The molecule has 1 atom stereocenters. The van der Waals surface area contributed by atoms with Crippen LogP contribution in [0.3, 0.4) is 0 Å². The molecule has 0 saturated heterocycles. The van der Waals surface area contributed by atoms with Crippen LogP contribution in [0.15, 0.2) is 24.7 Å². The highest BCUT2D eigenvalue weighted by molar-refractivity contribution is 5.67. The molecule has 1 aromatic rings. The van der Waals surface area contributed by atoms with Gasteiger partial charge in [-0.2, -0.15) is 0 Å². The Morgan fingerprint density at radius 2 is 2.30 bits per heavy atom. The van der Waals surface area contributed by atoms with E-state index in [1.807, 2.05) is 27.1 Å². The largest absolute Gasteiger partial charge is 0.444 e. The van der Waals surface area contributed by atoms with Gasteiger partial charge in [0.2, 0.25) is 0 Å². The topological polar surface area (TPSA) is 56.1 Å². The summed E-state index contributed by atoms with van der Waals surface area (Å²) in [5.41, 5.74) is 0.537. The summed E-state index contributed by atoms with van der Waals surface area (Å²) in [5, 5.41) is 2.78. The lowest BCUT2D eigenvalue weighted by atomic mass is 10.0. The van der Waals surface area contributed by atoms with Gasteiger partial charge in [-0.05, 0) is 40.0 Å². The van der Waals surface area contributed by atoms with Gasteiger partial charge in [-0.25, -0.2) is 9.78 Å². The van der Waals surface area contributed by atoms with Crippen molar-refractivity contribution < 1.29 is 9.53 Å². The Balaban J connectivity index is 1.92. The van der Waals surface area contributed by atoms with E-state index >= 15 is 0 Å². The SMILES string of the molecule is CC(C)(C)OC(=O)NCc1cncn1C1CC=CCC1. The van der Waals surface area contributed by atoms with Crippen molar-refractivity contribution in [2.45, 2.75) is 58.2 Å². The number of rotatable bonds is 3. The number of nitrogens with one attached hydrogen (secondary N) is 1. The van der Waals surface area contributed by atoms with Crippen molar-refractivity contribution in [3.63, 3.8) is 0 Å². The summed E-state index contributed by atoms with van der Waals surface area (Å²) < 4.78 is 7.38. The van der Waals surface area contributed by atoms with E-state index < -0.39 is 11.7 Å². The van der Waals surface area contributed by atoms with E-state index in [2.05, 4.69) is 27.0 Å². The number of ether oxygens (including phenoxy) is 1. The molecule has 0 aromatic carbocycles. The van der Waals surface area contributed by atoms with Gasteiger partial charge in [0.15, 0.2) is 0 Å². The van der Waals surface area contributed by atoms with Crippen LogP contribution in [0.4, 0.5) is 4.79 Å². The van der Waals surface area contributed by atoms with Crippen LogP contribution in [0.2, 0.25) is 0 Å². The highest BCUT2D eigenvalue weighted by Gasteiger charge is 2.18. The molecule has 0 aliphatic heterocycles. The fourth-order valence-electron chi connectivity index (χ4n) is 2.30. The summed E-state index contributed by atoms with van der Waals surface area (Å²) in [7, 11) is 0. The van der Waals surface area contributed by atoms with E-state index in [1.54, 1.807) is 6.20 Å². The molecule has 110 valence electrons. The molecule has 1 aliphatic carbocycles. The van der Waals surface area contributed by atoms with Gasteiger partial charge in [-0.15, -0.1) is 0 Å². The molecule has 0 fully saturated rings. The molecule has 2 rings (SSSR count). The van der Waals surface area contributed by atoms with Crippen LogP contribution < -0.4 is 5.32 Å². The Hall–Kier alpha value is -1.78. The third-order valence-corrected chi connectivity index (χ3v) is 3.19. The molecule has 1 heterocycles. The Labute approximate surface area is 120 Å². The fourth-order valence-corrected chi connectivity index (χ4v) is 2.30. The molecule has 0 saturated carbocycles. The number of imidazole rings is 1. The maximum atomic E-state index is 11.7. The van der Waals surface area contributed by atoms with Gasteiger partial charge < -0.3 is 14.6 Å². The third kappa shape index (κ3) is 4.11. The highest BCUT2D eigenvalue weighted by atomic mass is 16.6. The van der Waals surface area contributed by atoms with Gasteiger partial charge in [0, 0.05) is 12.2 Å². The van der Waals surface area contributed by atoms with Crippen molar-refractivity contribution in [1.29, 1.82) is 0 Å². The predicted molar refractivity (Wildman–Crippen MR) is 77.3 cm³/mol. The zero-order chi connectivity index (χ0) is 14.6. The average Bonchev–Trinajstić information content (AvgIpc) is 2.83. The summed E-state index contributed by atoms with van der Waals surface area (Å²) in [4.78, 5) is 15.9. The molecule has 1 unspecified atom stereocenters. The van der Waals surface area contributed by atoms with Crippen LogP contribution in [0, 0.1) is 0 Å². The number of hydrogen-bond acceptors (Lipinski definition) is 3. The second-order valence-corrected chi connectivity index (χ2v) is 6.09. The number of allylic oxidation sites excluding steroid dienone is 2. The maximum absolute atomic E-state index is 11.7. The van der Waals surface area contributed by atoms with Crippen molar-refractivity contribution in [3.05, 3.63) is 30.4 Å². The van der Waals surface area contributed by atoms with Crippen molar-refractivity contribution in [2.24, 2.45) is 0 Å². The van der Waals surface area contributed by atoms with E-state index in [-0.39, 0.29) is 0 Å². The van der Waals surface area contributed by atoms with Gasteiger partial charge >= 0.3 is 6.09 Å². The minimum Gasteiger partial charge on any atom is -0.444 e. The monoisotopic (exact) mass is 277 g/mol. The van der Waals surface area contributed by atoms with Gasteiger partial charge in [-0.1, -0.05) is 12.2 Å². The number of carbonyl (C=O) groups excluding carboxylic acids is 1. The fraction of sp³-hybridized carbons (Fsp3) is 0.600. The van der Waals surface area contributed by atoms with Crippen LogP contribution in [0.5, 0.6) is 0 Å². The van der Waals surface area contributed by atoms with Gasteiger partial charge in [-0.3, -0.25) is 0 Å². The molecule has 0 bridgehead atoms. The number of alkyl carbamates (subject to hydrolysis) is 1. The van der Waals surface area contributed by atoms with Crippen LogP contribution in [0.25, 0.3) is 0 Å². The first-order chi connectivity index (χ1) is 9.46. The number of hydrogen-bond donors (Lipinski definition) is 1. The van der Waals surface area contributed by atoms with Gasteiger partial charge in [0.05, 0.1) is 18.6 Å². The lowest BCUT2D eigenvalue weighted by Crippen LogP contribution is -2.32. The molecule has 20 heavy (non-hydrogen) atoms. The van der Waals surface area contributed by atoms with E-state index in [0.717, 1.165) is 25.0 Å². The second-order valence-electron chi connectivity index (χ2n) is 6.09. The van der Waals surface area contributed by atoms with Crippen LogP contribution in [0.1, 0.15) is 51.8 Å². The highest BCUT2D eigenvalue weighted by Crippen LogP contribution is 2.24. The lowest BCUT2D eigenvalue weighted by Gasteiger charge is -2.23. The average molecular weight is 277 g/mol. The molecule has 0 spiro atoms. The van der Waals surface area contributed by atoms with Crippen molar-refractivity contribution in [1.82, 2.24) is 14.9 Å². The summed E-state index contributed by atoms with van der Waals surface area (Å²) >= 11 is 0. The lowest BCUT2D eigenvalue weighted by molar-refractivity contribution is 0.0522. The Morgan fingerprint density at radius 1 is 1.50 bits per heavy atom. The first-order valence-corrected chi connectivity index (χ1v) is 7.08. The molecule has 0 radical (unpaired) electrons. The Bertz CT molecular complexity index is 486. The summed E-state index contributed by atoms with van der Waals surface area (Å²) in [6.07, 6.45) is 10.9. The first-order valence-electron chi connectivity index (χ1n) is 7.08. The number of amides is 1. The molecule has 1 N–H and O–H groups in total. The maximum Gasteiger partial charge on any atom is 0.407 e. The van der Waals surface area contributed by atoms with Crippen LogP contribution in [-0.4, -0.2) is 21.2 Å². The normalized spacial score (nSPS) is 18.9. The van der Waals surface area contributed by atoms with E-state index in [0.29, 0.717) is 12.6 Å². The standard InChI is InChI=1S/C15H23N3O2/c1-15(2,3)20-14(19)17-10-13-9-16-11-18(13)12-7-5-4-6-8-12/h4-5,9,11-12H,6-8,10H2,1-3H3,(H,17,19). The number of aromatic nitrogens is 2. The number of nitrogens with zero attached hydrogens (tertiary/aromatic N) is 2. The van der Waals surface area contributed by atoms with E-state index in [4.69, 9.17) is 4.74 Å². The van der Waals surface area contributed by atoms with Gasteiger partial charge in [0.25, 0.3) is 0 Å². The molecule has 1 aliphatic rings. The zero-order valence-corrected chi connectivity index (χ0v) is 12.4. The minimum absolute atomic E-state index is 0.395. The smallest absolute Gasteiger partial charge is 0.407 e. The molecule has 1 aromatic heterocycles. The second kappa shape index (κ2) is 6.11. The first kappa shape index (κ1) is 14.6. The molecule has 5 heteroatoms. The van der Waals surface area contributed by atoms with E-state index in [1.165, 1.54) is 0 Å². The Kier molecular flexibility index (Phi) is 4.47.